The molecule has 1 amide bonds. The summed E-state index contributed by atoms with van der Waals surface area (Å²) in [6, 6.07) is 0.0243. The van der Waals surface area contributed by atoms with E-state index < -0.39 is 17.8 Å². The number of rotatable bonds is 2. The van der Waals surface area contributed by atoms with Gasteiger partial charge in [-0.15, -0.1) is 0 Å². The number of carbonyl (C=O) groups excluding carboxylic acids is 1. The molecule has 5 nitrogen and oxygen atoms in total. The Morgan fingerprint density at radius 2 is 1.85 bits per heavy atom. The number of amides is 1. The first-order chi connectivity index (χ1) is 9.49. The summed E-state index contributed by atoms with van der Waals surface area (Å²) in [6.07, 6.45) is 4.83. The normalized spacial score (nSPS) is 43.0. The lowest BCUT2D eigenvalue weighted by atomic mass is 9.81. The van der Waals surface area contributed by atoms with Crippen LogP contribution in [0.25, 0.3) is 0 Å². The van der Waals surface area contributed by atoms with E-state index in [0.29, 0.717) is 13.2 Å². The second kappa shape index (κ2) is 4.88. The van der Waals surface area contributed by atoms with Crippen molar-refractivity contribution < 1.29 is 19.4 Å². The molecule has 1 saturated heterocycles. The summed E-state index contributed by atoms with van der Waals surface area (Å²) in [5.41, 5.74) is 0. The monoisotopic (exact) mass is 279 g/mol. The van der Waals surface area contributed by atoms with Crippen LogP contribution in [-0.2, 0) is 14.3 Å². The third kappa shape index (κ3) is 2.04. The molecule has 0 aromatic carbocycles. The van der Waals surface area contributed by atoms with Crippen LogP contribution in [0.15, 0.2) is 12.2 Å². The molecule has 0 spiro atoms. The quantitative estimate of drug-likeness (QED) is 0.770. The number of aliphatic carboxylic acids is 1. The molecule has 110 valence electrons. The lowest BCUT2D eigenvalue weighted by Crippen LogP contribution is -2.54. The Labute approximate surface area is 118 Å². The molecule has 0 radical (unpaired) electrons. The van der Waals surface area contributed by atoms with Crippen LogP contribution >= 0.6 is 0 Å². The number of carbonyl (C=O) groups is 2. The Kier molecular flexibility index (Phi) is 3.32. The van der Waals surface area contributed by atoms with E-state index >= 15 is 0 Å². The highest BCUT2D eigenvalue weighted by Gasteiger charge is 2.53. The van der Waals surface area contributed by atoms with Crippen LogP contribution in [0.1, 0.15) is 20.3 Å². The summed E-state index contributed by atoms with van der Waals surface area (Å²) in [5, 5.41) is 9.44. The summed E-state index contributed by atoms with van der Waals surface area (Å²) in [4.78, 5) is 26.2. The number of hydrogen-bond donors (Lipinski definition) is 1. The van der Waals surface area contributed by atoms with Gasteiger partial charge in [-0.1, -0.05) is 12.2 Å². The molecule has 2 aliphatic carbocycles. The number of ether oxygens (including phenoxy) is 1. The maximum atomic E-state index is 12.8. The van der Waals surface area contributed by atoms with Crippen molar-refractivity contribution in [1.82, 2.24) is 4.90 Å². The molecule has 0 aromatic heterocycles. The summed E-state index contributed by atoms with van der Waals surface area (Å²) in [5.74, 6) is -1.66. The highest BCUT2D eigenvalue weighted by atomic mass is 16.5. The minimum absolute atomic E-state index is 0.00287. The SMILES string of the molecule is CC1CN(C(=O)[C@H]2C3C=CC(C3)[C@H]2C(=O)O)C(C)CO1. The van der Waals surface area contributed by atoms with Crippen molar-refractivity contribution >= 4 is 11.9 Å². The van der Waals surface area contributed by atoms with Crippen LogP contribution in [0.5, 0.6) is 0 Å². The van der Waals surface area contributed by atoms with E-state index in [1.165, 1.54) is 0 Å². The highest BCUT2D eigenvalue weighted by molar-refractivity contribution is 5.87. The van der Waals surface area contributed by atoms with E-state index in [2.05, 4.69) is 0 Å². The van der Waals surface area contributed by atoms with Gasteiger partial charge in [0, 0.05) is 6.54 Å². The Bertz CT molecular complexity index is 461. The zero-order valence-electron chi connectivity index (χ0n) is 11.9. The predicted octanol–water partition coefficient (Wildman–Crippen LogP) is 1.15. The average Bonchev–Trinajstić information content (AvgIpc) is 3.00. The standard InChI is InChI=1S/C15H21NO4/c1-8-7-20-9(2)6-16(8)14(17)12-10-3-4-11(5-10)13(12)15(18)19/h3-4,8-13H,5-7H2,1-2H3,(H,18,19)/t8?,9?,10?,11?,12-,13+/m0/s1. The van der Waals surface area contributed by atoms with Crippen LogP contribution in [0.4, 0.5) is 0 Å². The van der Waals surface area contributed by atoms with Gasteiger partial charge in [0.25, 0.3) is 0 Å². The molecular weight excluding hydrogens is 258 g/mol. The smallest absolute Gasteiger partial charge is 0.307 e. The second-order valence-corrected chi connectivity index (χ2v) is 6.32. The molecule has 1 N–H and O–H groups in total. The molecule has 1 heterocycles. The minimum atomic E-state index is -0.839. The van der Waals surface area contributed by atoms with Crippen molar-refractivity contribution in [3.8, 4) is 0 Å². The fraction of sp³-hybridized carbons (Fsp3) is 0.733. The van der Waals surface area contributed by atoms with E-state index in [1.54, 1.807) is 0 Å². The zero-order chi connectivity index (χ0) is 14.4. The van der Waals surface area contributed by atoms with Gasteiger partial charge in [-0.2, -0.15) is 0 Å². The Hall–Kier alpha value is -1.36. The maximum absolute atomic E-state index is 12.8. The van der Waals surface area contributed by atoms with Crippen LogP contribution < -0.4 is 0 Å². The number of allylic oxidation sites excluding steroid dienone is 2. The molecular formula is C15H21NO4. The Morgan fingerprint density at radius 1 is 1.20 bits per heavy atom. The largest absolute Gasteiger partial charge is 0.481 e. The molecule has 5 heteroatoms. The number of fused-ring (bicyclic) bond motifs is 2. The van der Waals surface area contributed by atoms with E-state index in [1.807, 2.05) is 30.9 Å². The fourth-order valence-corrected chi connectivity index (χ4v) is 3.90. The van der Waals surface area contributed by atoms with Gasteiger partial charge < -0.3 is 14.7 Å². The van der Waals surface area contributed by atoms with Crippen molar-refractivity contribution in [2.24, 2.45) is 23.7 Å². The van der Waals surface area contributed by atoms with Crippen LogP contribution in [0, 0.1) is 23.7 Å². The van der Waals surface area contributed by atoms with Crippen LogP contribution in [-0.4, -0.2) is 47.2 Å². The molecule has 2 fully saturated rings. The zero-order valence-corrected chi connectivity index (χ0v) is 11.9. The van der Waals surface area contributed by atoms with E-state index in [9.17, 15) is 14.7 Å². The van der Waals surface area contributed by atoms with Gasteiger partial charge in [-0.05, 0) is 32.1 Å². The van der Waals surface area contributed by atoms with Gasteiger partial charge in [0.2, 0.25) is 5.91 Å². The van der Waals surface area contributed by atoms with E-state index in [0.717, 1.165) is 6.42 Å². The van der Waals surface area contributed by atoms with Gasteiger partial charge in [-0.25, -0.2) is 0 Å². The van der Waals surface area contributed by atoms with Gasteiger partial charge in [0.1, 0.15) is 0 Å². The number of carboxylic acid groups (broad SMARTS) is 1. The first-order valence-corrected chi connectivity index (χ1v) is 7.32. The maximum Gasteiger partial charge on any atom is 0.307 e. The molecule has 0 aromatic rings. The summed E-state index contributed by atoms with van der Waals surface area (Å²) in [7, 11) is 0. The summed E-state index contributed by atoms with van der Waals surface area (Å²) >= 11 is 0. The third-order valence-corrected chi connectivity index (χ3v) is 4.92. The van der Waals surface area contributed by atoms with Gasteiger partial charge in [0.05, 0.1) is 30.6 Å². The molecule has 20 heavy (non-hydrogen) atoms. The number of carboxylic acids is 1. The Morgan fingerprint density at radius 3 is 2.50 bits per heavy atom. The number of morpholine rings is 1. The number of hydrogen-bond acceptors (Lipinski definition) is 3. The first-order valence-electron chi connectivity index (χ1n) is 7.32. The molecule has 1 aliphatic heterocycles. The van der Waals surface area contributed by atoms with E-state index in [-0.39, 0.29) is 29.9 Å². The van der Waals surface area contributed by atoms with Crippen molar-refractivity contribution in [2.75, 3.05) is 13.2 Å². The van der Waals surface area contributed by atoms with Crippen molar-refractivity contribution in [2.45, 2.75) is 32.4 Å². The van der Waals surface area contributed by atoms with E-state index in [4.69, 9.17) is 4.74 Å². The van der Waals surface area contributed by atoms with Crippen LogP contribution in [0.2, 0.25) is 0 Å². The minimum Gasteiger partial charge on any atom is -0.481 e. The highest BCUT2D eigenvalue weighted by Crippen LogP contribution is 2.49. The molecule has 2 bridgehead atoms. The molecule has 3 aliphatic rings. The second-order valence-electron chi connectivity index (χ2n) is 6.32. The predicted molar refractivity (Wildman–Crippen MR) is 71.9 cm³/mol. The van der Waals surface area contributed by atoms with Crippen molar-refractivity contribution in [1.29, 1.82) is 0 Å². The number of nitrogens with zero attached hydrogens (tertiary/aromatic N) is 1. The Balaban J connectivity index is 1.82. The van der Waals surface area contributed by atoms with Gasteiger partial charge in [0.15, 0.2) is 0 Å². The van der Waals surface area contributed by atoms with Crippen molar-refractivity contribution in [3.05, 3.63) is 12.2 Å². The van der Waals surface area contributed by atoms with Crippen LogP contribution in [0.3, 0.4) is 0 Å². The average molecular weight is 279 g/mol. The molecule has 4 unspecified atom stereocenters. The molecule has 1 saturated carbocycles. The first kappa shape index (κ1) is 13.6. The van der Waals surface area contributed by atoms with Gasteiger partial charge >= 0.3 is 5.97 Å². The fourth-order valence-electron chi connectivity index (χ4n) is 3.90. The lowest BCUT2D eigenvalue weighted by molar-refractivity contribution is -0.157. The van der Waals surface area contributed by atoms with Crippen molar-refractivity contribution in [3.63, 3.8) is 0 Å². The topological polar surface area (TPSA) is 66.8 Å². The molecule has 3 rings (SSSR count). The molecule has 6 atom stereocenters. The summed E-state index contributed by atoms with van der Waals surface area (Å²) < 4.78 is 5.55. The lowest BCUT2D eigenvalue weighted by Gasteiger charge is -2.40. The summed E-state index contributed by atoms with van der Waals surface area (Å²) in [6.45, 7) is 5.00. The van der Waals surface area contributed by atoms with Gasteiger partial charge in [-0.3, -0.25) is 9.59 Å². The third-order valence-electron chi connectivity index (χ3n) is 4.92.